The van der Waals surface area contributed by atoms with Gasteiger partial charge >= 0.3 is 0 Å². The van der Waals surface area contributed by atoms with E-state index in [2.05, 4.69) is 12.2 Å². The minimum Gasteiger partial charge on any atom is -0.349 e. The maximum Gasteiger partial charge on any atom is 0.262 e. The number of thiophene rings is 1. The average molecular weight is 389 g/mol. The summed E-state index contributed by atoms with van der Waals surface area (Å²) in [7, 11) is -3.57. The van der Waals surface area contributed by atoms with Gasteiger partial charge in [0, 0.05) is 30.6 Å². The largest absolute Gasteiger partial charge is 0.349 e. The monoisotopic (exact) mass is 388 g/mol. The van der Waals surface area contributed by atoms with Crippen molar-refractivity contribution in [2.75, 3.05) is 24.6 Å². The minimum atomic E-state index is -3.57. The van der Waals surface area contributed by atoms with E-state index in [1.165, 1.54) is 15.6 Å². The van der Waals surface area contributed by atoms with Crippen molar-refractivity contribution in [1.82, 2.24) is 9.62 Å². The maximum absolute atomic E-state index is 12.9. The molecule has 0 spiro atoms. The van der Waals surface area contributed by atoms with Crippen molar-refractivity contribution < 1.29 is 13.2 Å². The second kappa shape index (κ2) is 7.76. The van der Waals surface area contributed by atoms with Crippen molar-refractivity contribution in [3.8, 4) is 0 Å². The molecule has 0 bridgehead atoms. The molecule has 134 valence electrons. The Labute approximate surface area is 152 Å². The standard InChI is InChI=1S/C16H24N2O3S3/c1-12-2-4-13(5-3-12)17-16(19)15-14(6-9-23-15)24(20,21)18-7-10-22-11-8-18/h6,9,12-13H,2-5,7-8,10-11H2,1H3,(H,17,19). The third-order valence-electron chi connectivity index (χ3n) is 4.77. The van der Waals surface area contributed by atoms with Gasteiger partial charge in [-0.2, -0.15) is 16.1 Å². The molecule has 3 rings (SSSR count). The van der Waals surface area contributed by atoms with Crippen LogP contribution in [0.3, 0.4) is 0 Å². The Kier molecular flexibility index (Phi) is 5.89. The first kappa shape index (κ1) is 18.2. The molecule has 24 heavy (non-hydrogen) atoms. The van der Waals surface area contributed by atoms with Crippen LogP contribution in [-0.4, -0.2) is 49.3 Å². The van der Waals surface area contributed by atoms with Crippen LogP contribution >= 0.6 is 23.1 Å². The summed E-state index contributed by atoms with van der Waals surface area (Å²) < 4.78 is 27.2. The SMILES string of the molecule is CC1CCC(NC(=O)c2sccc2S(=O)(=O)N2CCSCC2)CC1. The van der Waals surface area contributed by atoms with Crippen molar-refractivity contribution in [3.63, 3.8) is 0 Å². The van der Waals surface area contributed by atoms with Crippen molar-refractivity contribution in [1.29, 1.82) is 0 Å². The van der Waals surface area contributed by atoms with Gasteiger partial charge in [0.05, 0.1) is 0 Å². The van der Waals surface area contributed by atoms with Crippen LogP contribution in [-0.2, 0) is 10.0 Å². The van der Waals surface area contributed by atoms with Crippen LogP contribution < -0.4 is 5.32 Å². The first-order chi connectivity index (χ1) is 11.5. The Bertz CT molecular complexity index is 672. The Morgan fingerprint density at radius 3 is 2.54 bits per heavy atom. The van der Waals surface area contributed by atoms with E-state index in [0.29, 0.717) is 23.9 Å². The highest BCUT2D eigenvalue weighted by molar-refractivity contribution is 7.99. The van der Waals surface area contributed by atoms with Crippen LogP contribution in [0.25, 0.3) is 0 Å². The molecule has 1 aromatic rings. The molecule has 2 heterocycles. The maximum atomic E-state index is 12.9. The summed E-state index contributed by atoms with van der Waals surface area (Å²) in [6.45, 7) is 3.27. The highest BCUT2D eigenvalue weighted by atomic mass is 32.2. The number of carbonyl (C=O) groups is 1. The predicted octanol–water partition coefficient (Wildman–Crippen LogP) is 2.79. The van der Waals surface area contributed by atoms with Crippen LogP contribution in [0, 0.1) is 5.92 Å². The van der Waals surface area contributed by atoms with E-state index in [1.807, 2.05) is 0 Å². The molecule has 5 nitrogen and oxygen atoms in total. The van der Waals surface area contributed by atoms with Gasteiger partial charge in [-0.3, -0.25) is 4.79 Å². The smallest absolute Gasteiger partial charge is 0.262 e. The van der Waals surface area contributed by atoms with Crippen LogP contribution in [0.1, 0.15) is 42.3 Å². The lowest BCUT2D eigenvalue weighted by molar-refractivity contribution is 0.0924. The summed E-state index contributed by atoms with van der Waals surface area (Å²) in [5.41, 5.74) is 0. The lowest BCUT2D eigenvalue weighted by atomic mass is 9.87. The molecule has 0 aromatic carbocycles. The van der Waals surface area contributed by atoms with Gasteiger partial charge < -0.3 is 5.32 Å². The number of nitrogens with one attached hydrogen (secondary N) is 1. The fourth-order valence-corrected chi connectivity index (χ4v) is 7.13. The number of amides is 1. The van der Waals surface area contributed by atoms with Gasteiger partial charge in [-0.25, -0.2) is 8.42 Å². The third kappa shape index (κ3) is 3.98. The van der Waals surface area contributed by atoms with E-state index in [4.69, 9.17) is 0 Å². The van der Waals surface area contributed by atoms with Crippen molar-refractivity contribution >= 4 is 39.0 Å². The first-order valence-electron chi connectivity index (χ1n) is 8.44. The molecular weight excluding hydrogens is 364 g/mol. The normalized spacial score (nSPS) is 26.2. The van der Waals surface area contributed by atoms with Gasteiger partial charge in [-0.05, 0) is 43.0 Å². The highest BCUT2D eigenvalue weighted by Crippen LogP contribution is 2.28. The topological polar surface area (TPSA) is 66.5 Å². The van der Waals surface area contributed by atoms with Crippen molar-refractivity contribution in [2.24, 2.45) is 5.92 Å². The highest BCUT2D eigenvalue weighted by Gasteiger charge is 2.32. The van der Waals surface area contributed by atoms with E-state index >= 15 is 0 Å². The second-order valence-corrected chi connectivity index (χ2v) is 10.6. The molecule has 1 saturated heterocycles. The fourth-order valence-electron chi connectivity index (χ4n) is 3.25. The van der Waals surface area contributed by atoms with Gasteiger partial charge in [0.15, 0.2) is 0 Å². The van der Waals surface area contributed by atoms with Gasteiger partial charge in [0.1, 0.15) is 9.77 Å². The molecule has 1 aromatic heterocycles. The summed E-state index contributed by atoms with van der Waals surface area (Å²) in [5, 5.41) is 4.74. The molecule has 1 aliphatic carbocycles. The molecule has 0 atom stereocenters. The number of hydrogen-bond donors (Lipinski definition) is 1. The molecule has 1 aliphatic heterocycles. The Balaban J connectivity index is 1.73. The zero-order chi connectivity index (χ0) is 17.2. The van der Waals surface area contributed by atoms with Gasteiger partial charge in [0.2, 0.25) is 10.0 Å². The number of hydrogen-bond acceptors (Lipinski definition) is 5. The number of thioether (sulfide) groups is 1. The van der Waals surface area contributed by atoms with Crippen LogP contribution in [0.4, 0.5) is 0 Å². The molecule has 1 saturated carbocycles. The zero-order valence-corrected chi connectivity index (χ0v) is 16.3. The number of carbonyl (C=O) groups excluding carboxylic acids is 1. The molecule has 0 radical (unpaired) electrons. The van der Waals surface area contributed by atoms with Crippen molar-refractivity contribution in [2.45, 2.75) is 43.5 Å². The van der Waals surface area contributed by atoms with Crippen LogP contribution in [0.5, 0.6) is 0 Å². The lowest BCUT2D eigenvalue weighted by Crippen LogP contribution is -2.40. The predicted molar refractivity (Wildman–Crippen MR) is 99.3 cm³/mol. The van der Waals surface area contributed by atoms with Gasteiger partial charge in [-0.1, -0.05) is 6.92 Å². The number of sulfonamides is 1. The fraction of sp³-hybridized carbons (Fsp3) is 0.688. The van der Waals surface area contributed by atoms with E-state index < -0.39 is 10.0 Å². The molecular formula is C16H24N2O3S3. The molecule has 2 fully saturated rings. The van der Waals surface area contributed by atoms with E-state index in [9.17, 15) is 13.2 Å². The third-order valence-corrected chi connectivity index (χ3v) is 8.70. The Morgan fingerprint density at radius 2 is 1.88 bits per heavy atom. The minimum absolute atomic E-state index is 0.165. The average Bonchev–Trinajstić information content (AvgIpc) is 3.08. The van der Waals surface area contributed by atoms with E-state index in [0.717, 1.165) is 37.2 Å². The Hall–Kier alpha value is -0.570. The summed E-state index contributed by atoms with van der Waals surface area (Å²) in [4.78, 5) is 13.1. The van der Waals surface area contributed by atoms with E-state index in [1.54, 1.807) is 23.2 Å². The van der Waals surface area contributed by atoms with Crippen molar-refractivity contribution in [3.05, 3.63) is 16.3 Å². The van der Waals surface area contributed by atoms with E-state index in [-0.39, 0.29) is 16.8 Å². The van der Waals surface area contributed by atoms with Crippen LogP contribution in [0.15, 0.2) is 16.3 Å². The van der Waals surface area contributed by atoms with Crippen LogP contribution in [0.2, 0.25) is 0 Å². The molecule has 0 unspecified atom stereocenters. The number of nitrogens with zero attached hydrogens (tertiary/aromatic N) is 1. The summed E-state index contributed by atoms with van der Waals surface area (Å²) in [5.74, 6) is 2.10. The lowest BCUT2D eigenvalue weighted by Gasteiger charge is -2.27. The summed E-state index contributed by atoms with van der Waals surface area (Å²) >= 11 is 2.98. The number of rotatable bonds is 4. The molecule has 1 N–H and O–H groups in total. The summed E-state index contributed by atoms with van der Waals surface area (Å²) in [6, 6.07) is 1.73. The molecule has 1 amide bonds. The van der Waals surface area contributed by atoms with Gasteiger partial charge in [-0.15, -0.1) is 11.3 Å². The molecule has 2 aliphatic rings. The quantitative estimate of drug-likeness (QED) is 0.861. The van der Waals surface area contributed by atoms with Gasteiger partial charge in [0.25, 0.3) is 5.91 Å². The summed E-state index contributed by atoms with van der Waals surface area (Å²) in [6.07, 6.45) is 4.19. The Morgan fingerprint density at radius 1 is 1.21 bits per heavy atom. The second-order valence-electron chi connectivity index (χ2n) is 6.56. The molecule has 8 heteroatoms. The first-order valence-corrected chi connectivity index (χ1v) is 11.9. The zero-order valence-electron chi connectivity index (χ0n) is 13.9.